The van der Waals surface area contributed by atoms with E-state index in [9.17, 15) is 0 Å². The lowest BCUT2D eigenvalue weighted by Crippen LogP contribution is -2.30. The van der Waals surface area contributed by atoms with Crippen LogP contribution in [0.2, 0.25) is 0 Å². The SMILES string of the molecule is c1coc(Cn2c(N3CCCNCC3)nc3ccccc32)c1. The standard InChI is InChI=1S/C17H20N4O/c1-2-7-16-15(6-1)19-17(20-10-4-8-18-9-11-20)21(16)13-14-5-3-12-22-14/h1-3,5-7,12,18H,4,8-11,13H2. The minimum Gasteiger partial charge on any atom is -0.467 e. The second kappa shape index (κ2) is 5.85. The first-order valence-electron chi connectivity index (χ1n) is 7.85. The average molecular weight is 296 g/mol. The second-order valence-corrected chi connectivity index (χ2v) is 5.66. The number of fused-ring (bicyclic) bond motifs is 1. The van der Waals surface area contributed by atoms with Crippen molar-refractivity contribution in [1.82, 2.24) is 14.9 Å². The Bertz CT molecular complexity index is 739. The molecule has 1 aliphatic heterocycles. The zero-order chi connectivity index (χ0) is 14.8. The molecule has 0 amide bonds. The monoisotopic (exact) mass is 296 g/mol. The summed E-state index contributed by atoms with van der Waals surface area (Å²) in [6, 6.07) is 12.3. The van der Waals surface area contributed by atoms with Gasteiger partial charge in [0.1, 0.15) is 5.76 Å². The van der Waals surface area contributed by atoms with Gasteiger partial charge in [-0.15, -0.1) is 0 Å². The molecule has 0 aliphatic carbocycles. The Morgan fingerprint density at radius 3 is 2.95 bits per heavy atom. The maximum absolute atomic E-state index is 5.54. The Balaban J connectivity index is 1.78. The van der Waals surface area contributed by atoms with Crippen molar-refractivity contribution < 1.29 is 4.42 Å². The first-order valence-corrected chi connectivity index (χ1v) is 7.85. The van der Waals surface area contributed by atoms with Crippen LogP contribution < -0.4 is 10.2 Å². The van der Waals surface area contributed by atoms with E-state index < -0.39 is 0 Å². The summed E-state index contributed by atoms with van der Waals surface area (Å²) in [5.41, 5.74) is 2.20. The summed E-state index contributed by atoms with van der Waals surface area (Å²) < 4.78 is 7.81. The molecule has 5 nitrogen and oxygen atoms in total. The van der Waals surface area contributed by atoms with Crippen LogP contribution in [-0.4, -0.2) is 35.7 Å². The minimum atomic E-state index is 0.715. The molecule has 1 N–H and O–H groups in total. The van der Waals surface area contributed by atoms with Gasteiger partial charge in [0.15, 0.2) is 0 Å². The van der Waals surface area contributed by atoms with Gasteiger partial charge in [0.2, 0.25) is 5.95 Å². The van der Waals surface area contributed by atoms with Crippen molar-refractivity contribution in [3.8, 4) is 0 Å². The third-order valence-electron chi connectivity index (χ3n) is 4.15. The Kier molecular flexibility index (Phi) is 3.56. The number of imidazole rings is 1. The predicted octanol–water partition coefficient (Wildman–Crippen LogP) is 2.48. The average Bonchev–Trinajstić information content (AvgIpc) is 3.09. The van der Waals surface area contributed by atoms with Gasteiger partial charge < -0.3 is 19.2 Å². The summed E-state index contributed by atoms with van der Waals surface area (Å²) in [4.78, 5) is 7.26. The van der Waals surface area contributed by atoms with E-state index in [1.165, 1.54) is 0 Å². The van der Waals surface area contributed by atoms with Gasteiger partial charge in [-0.2, -0.15) is 0 Å². The van der Waals surface area contributed by atoms with Crippen LogP contribution in [0.3, 0.4) is 0 Å². The quantitative estimate of drug-likeness (QED) is 0.806. The van der Waals surface area contributed by atoms with E-state index in [0.29, 0.717) is 6.54 Å². The Labute approximate surface area is 129 Å². The van der Waals surface area contributed by atoms with Gasteiger partial charge in [0.05, 0.1) is 23.8 Å². The molecular formula is C17H20N4O. The van der Waals surface area contributed by atoms with Crippen molar-refractivity contribution in [3.05, 3.63) is 48.4 Å². The highest BCUT2D eigenvalue weighted by Crippen LogP contribution is 2.24. The second-order valence-electron chi connectivity index (χ2n) is 5.66. The molecule has 1 aliphatic rings. The molecule has 114 valence electrons. The number of hydrogen-bond acceptors (Lipinski definition) is 4. The number of nitrogens with zero attached hydrogens (tertiary/aromatic N) is 3. The van der Waals surface area contributed by atoms with Crippen molar-refractivity contribution >= 4 is 17.0 Å². The molecule has 1 aromatic carbocycles. The van der Waals surface area contributed by atoms with Crippen LogP contribution in [0.25, 0.3) is 11.0 Å². The van der Waals surface area contributed by atoms with Crippen molar-refractivity contribution in [1.29, 1.82) is 0 Å². The van der Waals surface area contributed by atoms with Gasteiger partial charge in [-0.25, -0.2) is 4.98 Å². The number of para-hydroxylation sites is 2. The molecule has 1 saturated heterocycles. The predicted molar refractivity (Wildman–Crippen MR) is 87.2 cm³/mol. The van der Waals surface area contributed by atoms with Crippen molar-refractivity contribution in [2.45, 2.75) is 13.0 Å². The molecule has 0 saturated carbocycles. The minimum absolute atomic E-state index is 0.715. The van der Waals surface area contributed by atoms with Crippen molar-refractivity contribution in [2.75, 3.05) is 31.1 Å². The van der Waals surface area contributed by atoms with Crippen LogP contribution >= 0.6 is 0 Å². The fourth-order valence-electron chi connectivity index (χ4n) is 3.06. The van der Waals surface area contributed by atoms with E-state index in [1.54, 1.807) is 6.26 Å². The van der Waals surface area contributed by atoms with Crippen molar-refractivity contribution in [3.63, 3.8) is 0 Å². The lowest BCUT2D eigenvalue weighted by Gasteiger charge is -2.22. The molecule has 2 aromatic heterocycles. The van der Waals surface area contributed by atoms with Gasteiger partial charge in [-0.3, -0.25) is 0 Å². The number of aromatic nitrogens is 2. The Morgan fingerprint density at radius 1 is 1.09 bits per heavy atom. The van der Waals surface area contributed by atoms with Gasteiger partial charge in [0, 0.05) is 19.6 Å². The summed E-state index contributed by atoms with van der Waals surface area (Å²) in [7, 11) is 0. The van der Waals surface area contributed by atoms with Crippen LogP contribution in [0.1, 0.15) is 12.2 Å². The largest absolute Gasteiger partial charge is 0.467 e. The van der Waals surface area contributed by atoms with E-state index in [4.69, 9.17) is 9.40 Å². The third-order valence-corrected chi connectivity index (χ3v) is 4.15. The number of rotatable bonds is 3. The Hall–Kier alpha value is -2.27. The lowest BCUT2D eigenvalue weighted by molar-refractivity contribution is 0.495. The zero-order valence-electron chi connectivity index (χ0n) is 12.5. The molecular weight excluding hydrogens is 276 g/mol. The van der Waals surface area contributed by atoms with E-state index in [1.807, 2.05) is 18.2 Å². The molecule has 3 heterocycles. The molecule has 22 heavy (non-hydrogen) atoms. The molecule has 0 radical (unpaired) electrons. The lowest BCUT2D eigenvalue weighted by atomic mass is 10.3. The molecule has 0 spiro atoms. The van der Waals surface area contributed by atoms with E-state index in [0.717, 1.165) is 55.3 Å². The number of benzene rings is 1. The summed E-state index contributed by atoms with van der Waals surface area (Å²) in [5.74, 6) is 2.00. The van der Waals surface area contributed by atoms with Crippen LogP contribution in [0.5, 0.6) is 0 Å². The summed E-state index contributed by atoms with van der Waals surface area (Å²) in [6.07, 6.45) is 2.87. The van der Waals surface area contributed by atoms with Gasteiger partial charge in [-0.05, 0) is 37.2 Å². The highest BCUT2D eigenvalue weighted by Gasteiger charge is 2.18. The maximum atomic E-state index is 5.54. The van der Waals surface area contributed by atoms with E-state index >= 15 is 0 Å². The normalized spacial score (nSPS) is 16.1. The summed E-state index contributed by atoms with van der Waals surface area (Å²) >= 11 is 0. The Morgan fingerprint density at radius 2 is 2.05 bits per heavy atom. The van der Waals surface area contributed by atoms with Crippen molar-refractivity contribution in [2.24, 2.45) is 0 Å². The number of furan rings is 1. The molecule has 1 fully saturated rings. The van der Waals surface area contributed by atoms with Gasteiger partial charge in [0.25, 0.3) is 0 Å². The third kappa shape index (κ3) is 2.48. The van der Waals surface area contributed by atoms with Crippen LogP contribution in [0.15, 0.2) is 47.1 Å². The maximum Gasteiger partial charge on any atom is 0.207 e. The molecule has 0 atom stereocenters. The summed E-state index contributed by atoms with van der Waals surface area (Å²) in [5, 5.41) is 3.45. The van der Waals surface area contributed by atoms with Crippen LogP contribution in [0, 0.1) is 0 Å². The van der Waals surface area contributed by atoms with Crippen LogP contribution in [-0.2, 0) is 6.54 Å². The smallest absolute Gasteiger partial charge is 0.207 e. The summed E-state index contributed by atoms with van der Waals surface area (Å²) in [6.45, 7) is 4.82. The molecule has 0 unspecified atom stereocenters. The molecule has 3 aromatic rings. The van der Waals surface area contributed by atoms with Gasteiger partial charge in [-0.1, -0.05) is 12.1 Å². The van der Waals surface area contributed by atoms with Gasteiger partial charge >= 0.3 is 0 Å². The molecule has 0 bridgehead atoms. The van der Waals surface area contributed by atoms with E-state index in [-0.39, 0.29) is 0 Å². The number of nitrogens with one attached hydrogen (secondary N) is 1. The first-order chi connectivity index (χ1) is 10.9. The molecule has 5 heteroatoms. The van der Waals surface area contributed by atoms with E-state index in [2.05, 4.69) is 33.0 Å². The first kappa shape index (κ1) is 13.4. The van der Waals surface area contributed by atoms with Crippen LogP contribution in [0.4, 0.5) is 5.95 Å². The topological polar surface area (TPSA) is 46.2 Å². The number of hydrogen-bond donors (Lipinski definition) is 1. The fourth-order valence-corrected chi connectivity index (χ4v) is 3.06. The highest BCUT2D eigenvalue weighted by molar-refractivity contribution is 5.79. The highest BCUT2D eigenvalue weighted by atomic mass is 16.3. The fraction of sp³-hybridized carbons (Fsp3) is 0.353. The number of anilines is 1. The zero-order valence-corrected chi connectivity index (χ0v) is 12.5. The molecule has 4 rings (SSSR count).